The minimum absolute atomic E-state index is 0.125. The first-order chi connectivity index (χ1) is 11.5. The second-order valence-corrected chi connectivity index (χ2v) is 8.33. The lowest BCUT2D eigenvalue weighted by atomic mass is 10.1. The van der Waals surface area contributed by atoms with Crippen LogP contribution in [0.15, 0.2) is 29.2 Å². The van der Waals surface area contributed by atoms with Crippen LogP contribution >= 0.6 is 0 Å². The summed E-state index contributed by atoms with van der Waals surface area (Å²) in [5, 5.41) is 2.98. The molecule has 1 aliphatic heterocycles. The Morgan fingerprint density at radius 3 is 2.71 bits per heavy atom. The molecule has 132 valence electrons. The van der Waals surface area contributed by atoms with Crippen molar-refractivity contribution in [1.82, 2.24) is 10.0 Å². The number of rotatable bonds is 6. The van der Waals surface area contributed by atoms with Crippen LogP contribution < -0.4 is 10.0 Å². The number of carbonyl (C=O) groups excluding carboxylic acids is 1. The molecular formula is C17H24N2O4S. The largest absolute Gasteiger partial charge is 0.381 e. The van der Waals surface area contributed by atoms with E-state index in [-0.39, 0.29) is 22.8 Å². The maximum atomic E-state index is 12.4. The average molecular weight is 352 g/mol. The van der Waals surface area contributed by atoms with Crippen LogP contribution in [0.25, 0.3) is 0 Å². The average Bonchev–Trinajstić information content (AvgIpc) is 3.27. The van der Waals surface area contributed by atoms with E-state index in [9.17, 15) is 13.2 Å². The lowest BCUT2D eigenvalue weighted by Gasteiger charge is -2.13. The van der Waals surface area contributed by atoms with Crippen LogP contribution in [-0.2, 0) is 14.8 Å². The van der Waals surface area contributed by atoms with Gasteiger partial charge in [0, 0.05) is 24.8 Å². The molecule has 1 saturated carbocycles. The maximum absolute atomic E-state index is 12.4. The third-order valence-corrected chi connectivity index (χ3v) is 6.10. The third kappa shape index (κ3) is 4.34. The molecule has 2 fully saturated rings. The van der Waals surface area contributed by atoms with Crippen LogP contribution in [0.3, 0.4) is 0 Å². The first-order valence-corrected chi connectivity index (χ1v) is 10.0. The summed E-state index contributed by atoms with van der Waals surface area (Å²) >= 11 is 0. The van der Waals surface area contributed by atoms with Crippen molar-refractivity contribution in [1.29, 1.82) is 0 Å². The molecule has 1 atom stereocenters. The molecule has 1 heterocycles. The number of nitrogens with one attached hydrogen (secondary N) is 2. The van der Waals surface area contributed by atoms with Crippen LogP contribution in [0.2, 0.25) is 0 Å². The van der Waals surface area contributed by atoms with Gasteiger partial charge in [-0.05, 0) is 43.4 Å². The Labute approximate surface area is 143 Å². The number of hydrogen-bond acceptors (Lipinski definition) is 4. The number of hydrogen-bond donors (Lipinski definition) is 2. The minimum Gasteiger partial charge on any atom is -0.381 e. The van der Waals surface area contributed by atoms with Gasteiger partial charge in [0.15, 0.2) is 0 Å². The predicted octanol–water partition coefficient (Wildman–Crippen LogP) is 1.67. The molecule has 1 saturated heterocycles. The van der Waals surface area contributed by atoms with E-state index in [1.807, 2.05) is 0 Å². The fraction of sp³-hybridized carbons (Fsp3) is 0.588. The SMILES string of the molecule is O=C(NC1CCCC1)c1cccc(S(=O)(=O)NC[C@H]2CCOC2)c1. The summed E-state index contributed by atoms with van der Waals surface area (Å²) in [5.74, 6) is 0.0109. The van der Waals surface area contributed by atoms with Gasteiger partial charge in [0.25, 0.3) is 5.91 Å². The van der Waals surface area contributed by atoms with E-state index in [4.69, 9.17) is 4.74 Å². The van der Waals surface area contributed by atoms with Crippen molar-refractivity contribution in [2.24, 2.45) is 5.92 Å². The molecule has 6 nitrogen and oxygen atoms in total. The van der Waals surface area contributed by atoms with Gasteiger partial charge >= 0.3 is 0 Å². The van der Waals surface area contributed by atoms with E-state index < -0.39 is 10.0 Å². The molecule has 1 aromatic rings. The number of benzene rings is 1. The Morgan fingerprint density at radius 2 is 2.00 bits per heavy atom. The van der Waals surface area contributed by atoms with Crippen molar-refractivity contribution in [2.75, 3.05) is 19.8 Å². The van der Waals surface area contributed by atoms with Crippen LogP contribution in [0, 0.1) is 5.92 Å². The van der Waals surface area contributed by atoms with E-state index in [0.717, 1.165) is 32.1 Å². The highest BCUT2D eigenvalue weighted by atomic mass is 32.2. The van der Waals surface area contributed by atoms with Crippen molar-refractivity contribution in [3.8, 4) is 0 Å². The molecule has 7 heteroatoms. The molecule has 0 radical (unpaired) electrons. The molecule has 2 N–H and O–H groups in total. The molecular weight excluding hydrogens is 328 g/mol. The lowest BCUT2D eigenvalue weighted by molar-refractivity contribution is 0.0937. The van der Waals surface area contributed by atoms with Gasteiger partial charge in [0.05, 0.1) is 11.5 Å². The highest BCUT2D eigenvalue weighted by molar-refractivity contribution is 7.89. The molecule has 3 rings (SSSR count). The summed E-state index contributed by atoms with van der Waals surface area (Å²) in [7, 11) is -3.62. The van der Waals surface area contributed by atoms with Crippen molar-refractivity contribution in [3.05, 3.63) is 29.8 Å². The summed E-state index contributed by atoms with van der Waals surface area (Å²) in [4.78, 5) is 12.4. The van der Waals surface area contributed by atoms with E-state index >= 15 is 0 Å². The Balaban J connectivity index is 1.65. The standard InChI is InChI=1S/C17H24N2O4S/c20-17(19-15-5-1-2-6-15)14-4-3-7-16(10-14)24(21,22)18-11-13-8-9-23-12-13/h3-4,7,10,13,15,18H,1-2,5-6,8-9,11-12H2,(H,19,20)/t13-/m1/s1. The summed E-state index contributed by atoms with van der Waals surface area (Å²) in [6.45, 7) is 1.64. The summed E-state index contributed by atoms with van der Waals surface area (Å²) < 4.78 is 32.7. The van der Waals surface area contributed by atoms with Crippen LogP contribution in [0.5, 0.6) is 0 Å². The van der Waals surface area contributed by atoms with Gasteiger partial charge in [0.2, 0.25) is 10.0 Å². The molecule has 1 aliphatic carbocycles. The van der Waals surface area contributed by atoms with Gasteiger partial charge in [-0.25, -0.2) is 13.1 Å². The second-order valence-electron chi connectivity index (χ2n) is 6.56. The molecule has 1 aromatic carbocycles. The van der Waals surface area contributed by atoms with Crippen molar-refractivity contribution >= 4 is 15.9 Å². The number of ether oxygens (including phenoxy) is 1. The maximum Gasteiger partial charge on any atom is 0.251 e. The normalized spacial score (nSPS) is 21.9. The topological polar surface area (TPSA) is 84.5 Å². The quantitative estimate of drug-likeness (QED) is 0.816. The first-order valence-electron chi connectivity index (χ1n) is 8.53. The highest BCUT2D eigenvalue weighted by Crippen LogP contribution is 2.19. The van der Waals surface area contributed by atoms with Gasteiger partial charge in [0.1, 0.15) is 0 Å². The summed E-state index contributed by atoms with van der Waals surface area (Å²) in [6.07, 6.45) is 5.12. The van der Waals surface area contributed by atoms with Gasteiger partial charge in [-0.3, -0.25) is 4.79 Å². The molecule has 0 aromatic heterocycles. The lowest BCUT2D eigenvalue weighted by Crippen LogP contribution is -2.33. The van der Waals surface area contributed by atoms with Crippen LogP contribution in [-0.4, -0.2) is 40.1 Å². The summed E-state index contributed by atoms with van der Waals surface area (Å²) in [6, 6.07) is 6.42. The monoisotopic (exact) mass is 352 g/mol. The van der Waals surface area contributed by atoms with Crippen molar-refractivity contribution < 1.29 is 17.9 Å². The van der Waals surface area contributed by atoms with Gasteiger partial charge in [-0.15, -0.1) is 0 Å². The van der Waals surface area contributed by atoms with E-state index in [1.165, 1.54) is 12.1 Å². The minimum atomic E-state index is -3.62. The Hall–Kier alpha value is -1.44. The molecule has 24 heavy (non-hydrogen) atoms. The fourth-order valence-electron chi connectivity index (χ4n) is 3.20. The highest BCUT2D eigenvalue weighted by Gasteiger charge is 2.22. The van der Waals surface area contributed by atoms with Gasteiger partial charge < -0.3 is 10.1 Å². The zero-order valence-corrected chi connectivity index (χ0v) is 14.5. The first kappa shape index (κ1) is 17.4. The zero-order valence-electron chi connectivity index (χ0n) is 13.7. The van der Waals surface area contributed by atoms with Crippen molar-refractivity contribution in [3.63, 3.8) is 0 Å². The Kier molecular flexibility index (Phi) is 5.53. The Morgan fingerprint density at radius 1 is 1.21 bits per heavy atom. The molecule has 0 bridgehead atoms. The van der Waals surface area contributed by atoms with Gasteiger partial charge in [-0.2, -0.15) is 0 Å². The van der Waals surface area contributed by atoms with Crippen LogP contribution in [0.1, 0.15) is 42.5 Å². The second kappa shape index (κ2) is 7.63. The van der Waals surface area contributed by atoms with Crippen molar-refractivity contribution in [2.45, 2.75) is 43.0 Å². The van der Waals surface area contributed by atoms with Gasteiger partial charge in [-0.1, -0.05) is 18.9 Å². The Bertz CT molecular complexity index is 678. The zero-order chi connectivity index (χ0) is 17.0. The molecule has 0 unspecified atom stereocenters. The summed E-state index contributed by atoms with van der Waals surface area (Å²) in [5.41, 5.74) is 0.383. The number of amides is 1. The smallest absolute Gasteiger partial charge is 0.251 e. The number of carbonyl (C=O) groups is 1. The van der Waals surface area contributed by atoms with E-state index in [1.54, 1.807) is 12.1 Å². The number of sulfonamides is 1. The van der Waals surface area contributed by atoms with Crippen LogP contribution in [0.4, 0.5) is 0 Å². The molecule has 2 aliphatic rings. The van der Waals surface area contributed by atoms with E-state index in [2.05, 4.69) is 10.0 Å². The third-order valence-electron chi connectivity index (χ3n) is 4.68. The fourth-order valence-corrected chi connectivity index (χ4v) is 4.36. The molecule has 1 amide bonds. The van der Waals surface area contributed by atoms with E-state index in [0.29, 0.717) is 25.3 Å². The predicted molar refractivity (Wildman–Crippen MR) is 90.3 cm³/mol. The molecule has 0 spiro atoms.